The Morgan fingerprint density at radius 2 is 1.88 bits per heavy atom. The molecule has 0 bridgehead atoms. The number of hydrogen-bond donors (Lipinski definition) is 1. The second-order valence-electron chi connectivity index (χ2n) is 11.3. The Morgan fingerprint density at radius 3 is 2.65 bits per heavy atom. The molecule has 0 radical (unpaired) electrons. The minimum atomic E-state index is -1.36. The van der Waals surface area contributed by atoms with Gasteiger partial charge in [-0.05, 0) is 41.7 Å². The molecule has 4 aliphatic rings. The molecule has 8 heteroatoms. The predicted molar refractivity (Wildman–Crippen MR) is 150 cm³/mol. The number of cyclic esters (lactones) is 1. The van der Waals surface area contributed by atoms with Crippen molar-refractivity contribution in [1.29, 1.82) is 0 Å². The molecular weight excluding hydrogens is 508 g/mol. The van der Waals surface area contributed by atoms with Gasteiger partial charge in [0.25, 0.3) is 5.91 Å². The number of likely N-dealkylation sites (tertiary alicyclic amines) is 1. The number of aliphatic hydroxyl groups is 1. The number of amides is 2. The summed E-state index contributed by atoms with van der Waals surface area (Å²) in [6.07, 6.45) is 8.94. The van der Waals surface area contributed by atoms with Crippen molar-refractivity contribution in [2.24, 2.45) is 17.8 Å². The molecule has 2 saturated heterocycles. The van der Waals surface area contributed by atoms with Crippen LogP contribution in [0.1, 0.15) is 33.1 Å². The van der Waals surface area contributed by atoms with Crippen LogP contribution in [0.25, 0.3) is 10.8 Å². The van der Waals surface area contributed by atoms with E-state index in [4.69, 9.17) is 9.47 Å². The molecule has 0 aromatic heterocycles. The number of aliphatic hydroxyl groups excluding tert-OH is 1. The number of rotatable bonds is 5. The third kappa shape index (κ3) is 4.08. The molecular formula is C32H36N2O6. The summed E-state index contributed by atoms with van der Waals surface area (Å²) in [6, 6.07) is 12.2. The van der Waals surface area contributed by atoms with Gasteiger partial charge in [0.2, 0.25) is 5.91 Å². The van der Waals surface area contributed by atoms with Crippen molar-refractivity contribution in [3.8, 4) is 0 Å². The molecule has 210 valence electrons. The zero-order chi connectivity index (χ0) is 28.0. The highest BCUT2D eigenvalue weighted by molar-refractivity contribution is 6.06. The lowest BCUT2D eigenvalue weighted by atomic mass is 9.78. The Labute approximate surface area is 234 Å². The normalized spacial score (nSPS) is 32.3. The van der Waals surface area contributed by atoms with Crippen molar-refractivity contribution >= 4 is 34.2 Å². The van der Waals surface area contributed by atoms with E-state index in [9.17, 15) is 19.5 Å². The van der Waals surface area contributed by atoms with Gasteiger partial charge in [-0.3, -0.25) is 14.4 Å². The number of anilines is 1. The maximum absolute atomic E-state index is 14.7. The Hall–Kier alpha value is -3.49. The smallest absolute Gasteiger partial charge is 0.312 e. The predicted octanol–water partition coefficient (Wildman–Crippen LogP) is 3.62. The van der Waals surface area contributed by atoms with Crippen LogP contribution in [0.5, 0.6) is 0 Å². The summed E-state index contributed by atoms with van der Waals surface area (Å²) in [5.74, 6) is -3.01. The van der Waals surface area contributed by atoms with E-state index in [0.717, 1.165) is 17.2 Å². The number of hydrogen-bond acceptors (Lipinski definition) is 6. The summed E-state index contributed by atoms with van der Waals surface area (Å²) in [5.41, 5.74) is -0.649. The molecule has 7 atom stereocenters. The summed E-state index contributed by atoms with van der Waals surface area (Å²) < 4.78 is 12.3. The number of esters is 1. The first-order chi connectivity index (χ1) is 19.4. The van der Waals surface area contributed by atoms with Crippen molar-refractivity contribution in [3.05, 3.63) is 66.8 Å². The Balaban J connectivity index is 1.49. The number of ether oxygens (including phenoxy) is 2. The van der Waals surface area contributed by atoms with Crippen LogP contribution in [-0.4, -0.2) is 71.3 Å². The Bertz CT molecular complexity index is 1390. The van der Waals surface area contributed by atoms with Crippen LogP contribution in [0.3, 0.4) is 0 Å². The quantitative estimate of drug-likeness (QED) is 0.456. The van der Waals surface area contributed by atoms with E-state index in [1.165, 1.54) is 4.90 Å². The van der Waals surface area contributed by atoms with Gasteiger partial charge in [0.15, 0.2) is 0 Å². The van der Waals surface area contributed by atoms with Gasteiger partial charge in [-0.25, -0.2) is 0 Å². The first-order valence-corrected chi connectivity index (χ1v) is 14.3. The minimum Gasteiger partial charge on any atom is -0.465 e. The van der Waals surface area contributed by atoms with E-state index in [0.29, 0.717) is 18.5 Å². The van der Waals surface area contributed by atoms with Gasteiger partial charge >= 0.3 is 5.97 Å². The van der Waals surface area contributed by atoms with Crippen molar-refractivity contribution in [3.63, 3.8) is 0 Å². The molecule has 0 aliphatic carbocycles. The van der Waals surface area contributed by atoms with Crippen LogP contribution in [0.4, 0.5) is 5.69 Å². The van der Waals surface area contributed by atoms with Crippen LogP contribution in [0.2, 0.25) is 0 Å². The van der Waals surface area contributed by atoms with E-state index in [1.807, 2.05) is 80.6 Å². The van der Waals surface area contributed by atoms with E-state index in [2.05, 4.69) is 0 Å². The molecule has 4 aliphatic heterocycles. The van der Waals surface area contributed by atoms with Crippen LogP contribution >= 0.6 is 0 Å². The molecule has 2 aromatic carbocycles. The number of carbonyl (C=O) groups excluding carboxylic acids is 3. The maximum atomic E-state index is 14.7. The molecule has 2 fully saturated rings. The van der Waals surface area contributed by atoms with Gasteiger partial charge in [-0.2, -0.15) is 0 Å². The average Bonchev–Trinajstić information content (AvgIpc) is 3.38. The molecule has 40 heavy (non-hydrogen) atoms. The zero-order valence-corrected chi connectivity index (χ0v) is 22.9. The van der Waals surface area contributed by atoms with Crippen LogP contribution in [0.15, 0.2) is 66.8 Å². The Morgan fingerprint density at radius 1 is 1.07 bits per heavy atom. The van der Waals surface area contributed by atoms with Crippen LogP contribution in [-0.2, 0) is 23.9 Å². The fourth-order valence-electron chi connectivity index (χ4n) is 6.94. The number of benzene rings is 2. The molecule has 8 nitrogen and oxygen atoms in total. The number of allylic oxidation sites excluding steroid dienone is 1. The average molecular weight is 545 g/mol. The van der Waals surface area contributed by atoms with E-state index >= 15 is 0 Å². The zero-order valence-electron chi connectivity index (χ0n) is 22.9. The van der Waals surface area contributed by atoms with Gasteiger partial charge in [-0.15, -0.1) is 0 Å². The summed E-state index contributed by atoms with van der Waals surface area (Å²) >= 11 is 0. The van der Waals surface area contributed by atoms with Gasteiger partial charge < -0.3 is 24.4 Å². The summed E-state index contributed by atoms with van der Waals surface area (Å²) in [7, 11) is 0. The third-order valence-corrected chi connectivity index (χ3v) is 9.18. The second kappa shape index (κ2) is 10.5. The third-order valence-electron chi connectivity index (χ3n) is 9.18. The fourth-order valence-corrected chi connectivity index (χ4v) is 6.94. The lowest BCUT2D eigenvalue weighted by Gasteiger charge is -2.40. The highest BCUT2D eigenvalue weighted by atomic mass is 16.6. The van der Waals surface area contributed by atoms with Crippen molar-refractivity contribution in [2.45, 2.75) is 56.9 Å². The monoisotopic (exact) mass is 544 g/mol. The summed E-state index contributed by atoms with van der Waals surface area (Å²) in [6.45, 7) is 4.22. The molecule has 0 saturated carbocycles. The van der Waals surface area contributed by atoms with Gasteiger partial charge in [-0.1, -0.05) is 74.9 Å². The van der Waals surface area contributed by atoms with E-state index in [-0.39, 0.29) is 37.5 Å². The lowest BCUT2D eigenvalue weighted by molar-refractivity contribution is -0.155. The van der Waals surface area contributed by atoms with Crippen molar-refractivity contribution in [2.75, 3.05) is 24.7 Å². The number of nitrogens with zero attached hydrogens (tertiary/aromatic N) is 2. The van der Waals surface area contributed by atoms with Crippen molar-refractivity contribution in [1.82, 2.24) is 4.90 Å². The molecule has 1 spiro atoms. The molecule has 1 unspecified atom stereocenters. The summed E-state index contributed by atoms with van der Waals surface area (Å²) in [5, 5.41) is 12.6. The molecule has 4 heterocycles. The molecule has 1 N–H and O–H groups in total. The van der Waals surface area contributed by atoms with Gasteiger partial charge in [0.1, 0.15) is 17.6 Å². The lowest BCUT2D eigenvalue weighted by Crippen LogP contribution is -2.59. The van der Waals surface area contributed by atoms with Gasteiger partial charge in [0.05, 0.1) is 31.3 Å². The van der Waals surface area contributed by atoms with Gasteiger partial charge in [0, 0.05) is 12.2 Å². The standard InChI is InChI=1S/C32H36N2O6/c1-3-20(2)24(19-35)34-28-30(37)33(23-14-13-21-10-6-7-11-22(21)18-23)16-9-15-32(28)27(29(34)36)26-25(40-32)12-5-4-8-17-39-31(26)38/h5-7,9-15,18,20,24-28,35H,3-4,8,16-17,19H2,1-2H3/b12-5-/t20-,24-,25-,26+,27-,28?,32-/m0/s1. The first-order valence-electron chi connectivity index (χ1n) is 14.3. The highest BCUT2D eigenvalue weighted by Gasteiger charge is 2.72. The van der Waals surface area contributed by atoms with Crippen LogP contribution in [0, 0.1) is 17.8 Å². The molecule has 2 amide bonds. The second-order valence-corrected chi connectivity index (χ2v) is 11.3. The fraction of sp³-hybridized carbons (Fsp3) is 0.469. The largest absolute Gasteiger partial charge is 0.465 e. The minimum absolute atomic E-state index is 0.0813. The Kier molecular flexibility index (Phi) is 7.00. The topological polar surface area (TPSA) is 96.4 Å². The number of carbonyl (C=O) groups is 3. The van der Waals surface area contributed by atoms with Crippen molar-refractivity contribution < 1.29 is 29.0 Å². The van der Waals surface area contributed by atoms with E-state index in [1.54, 1.807) is 4.90 Å². The highest BCUT2D eigenvalue weighted by Crippen LogP contribution is 2.54. The molecule has 2 aromatic rings. The van der Waals surface area contributed by atoms with E-state index < -0.39 is 41.6 Å². The maximum Gasteiger partial charge on any atom is 0.312 e. The SMILES string of the molecule is CC[C@H](C)[C@H](CO)N1C(=O)[C@@H]2[C@@H]3C(=O)OCCC/C=C\[C@@H]3O[C@@]23C=CCN(c2ccc4ccccc4c2)C(=O)C13. The summed E-state index contributed by atoms with van der Waals surface area (Å²) in [4.78, 5) is 45.7. The first kappa shape index (κ1) is 26.7. The molecule has 6 rings (SSSR count). The number of fused-ring (bicyclic) bond motifs is 3. The van der Waals surface area contributed by atoms with Crippen LogP contribution < -0.4 is 4.90 Å².